The van der Waals surface area contributed by atoms with E-state index in [2.05, 4.69) is 23.3 Å². The first-order valence-electron chi connectivity index (χ1n) is 7.90. The number of nitrogens with one attached hydrogen (secondary N) is 1. The van der Waals surface area contributed by atoms with Crippen molar-refractivity contribution in [2.75, 3.05) is 13.7 Å². The largest absolute Gasteiger partial charge is 0.496 e. The fraction of sp³-hybridized carbons (Fsp3) is 0.588. The fourth-order valence-corrected chi connectivity index (χ4v) is 2.91. The molecule has 1 aliphatic carbocycles. The maximum Gasteiger partial charge on any atom is 0.188 e. The Morgan fingerprint density at radius 2 is 2.00 bits per heavy atom. The second-order valence-electron chi connectivity index (χ2n) is 5.85. The van der Waals surface area contributed by atoms with Crippen LogP contribution in [-0.4, -0.2) is 25.7 Å². The van der Waals surface area contributed by atoms with Crippen LogP contribution in [0, 0.1) is 0 Å². The van der Waals surface area contributed by atoms with Crippen LogP contribution in [0.4, 0.5) is 0 Å². The van der Waals surface area contributed by atoms with E-state index < -0.39 is 0 Å². The second kappa shape index (κ2) is 9.92. The van der Waals surface area contributed by atoms with Gasteiger partial charge in [0.2, 0.25) is 0 Å². The third-order valence-corrected chi connectivity index (χ3v) is 4.16. The van der Waals surface area contributed by atoms with Gasteiger partial charge in [-0.15, -0.1) is 24.0 Å². The van der Waals surface area contributed by atoms with E-state index in [0.29, 0.717) is 18.5 Å². The van der Waals surface area contributed by atoms with E-state index in [9.17, 15) is 0 Å². The number of hydrogen-bond acceptors (Lipinski definition) is 2. The minimum atomic E-state index is 0. The maximum atomic E-state index is 6.01. The van der Waals surface area contributed by atoms with Crippen LogP contribution in [-0.2, 0) is 0 Å². The normalized spacial score (nSPS) is 17.5. The molecule has 1 unspecified atom stereocenters. The highest BCUT2D eigenvalue weighted by Crippen LogP contribution is 2.26. The highest BCUT2D eigenvalue weighted by atomic mass is 127. The Kier molecular flexibility index (Phi) is 8.60. The summed E-state index contributed by atoms with van der Waals surface area (Å²) < 4.78 is 5.40. The first kappa shape index (κ1) is 19.1. The minimum absolute atomic E-state index is 0. The Morgan fingerprint density at radius 1 is 1.32 bits per heavy atom. The van der Waals surface area contributed by atoms with E-state index in [1.165, 1.54) is 37.7 Å². The van der Waals surface area contributed by atoms with Crippen LogP contribution in [0.2, 0.25) is 0 Å². The van der Waals surface area contributed by atoms with Gasteiger partial charge in [-0.2, -0.15) is 0 Å². The molecule has 1 atom stereocenters. The molecule has 22 heavy (non-hydrogen) atoms. The van der Waals surface area contributed by atoms with Crippen molar-refractivity contribution in [2.24, 2.45) is 10.7 Å². The SMILES string of the molecule is COc1ccccc1C(C)CN=C(N)NC1CCCCC1.I. The number of guanidine groups is 1. The van der Waals surface area contributed by atoms with Crippen LogP contribution in [0.3, 0.4) is 0 Å². The summed E-state index contributed by atoms with van der Waals surface area (Å²) in [5.74, 6) is 1.77. The predicted molar refractivity (Wildman–Crippen MR) is 103 cm³/mol. The molecule has 1 aromatic rings. The molecule has 0 aliphatic heterocycles. The molecule has 1 fully saturated rings. The molecule has 0 amide bonds. The van der Waals surface area contributed by atoms with Crippen molar-refractivity contribution in [1.82, 2.24) is 5.32 Å². The number of nitrogens with zero attached hydrogens (tertiary/aromatic N) is 1. The third-order valence-electron chi connectivity index (χ3n) is 4.16. The molecule has 1 aromatic carbocycles. The predicted octanol–water partition coefficient (Wildman–Crippen LogP) is 3.65. The highest BCUT2D eigenvalue weighted by molar-refractivity contribution is 14.0. The molecule has 0 bridgehead atoms. The molecule has 0 aromatic heterocycles. The molecular formula is C17H28IN3O. The summed E-state index contributed by atoms with van der Waals surface area (Å²) in [5.41, 5.74) is 7.18. The molecule has 0 heterocycles. The molecule has 3 N–H and O–H groups in total. The summed E-state index contributed by atoms with van der Waals surface area (Å²) in [7, 11) is 1.70. The van der Waals surface area contributed by atoms with Crippen LogP contribution < -0.4 is 15.8 Å². The van der Waals surface area contributed by atoms with Crippen molar-refractivity contribution in [2.45, 2.75) is 51.0 Å². The number of aliphatic imine (C=N–C) groups is 1. The summed E-state index contributed by atoms with van der Waals surface area (Å²) in [6.45, 7) is 2.82. The monoisotopic (exact) mass is 417 g/mol. The van der Waals surface area contributed by atoms with Crippen molar-refractivity contribution < 1.29 is 4.74 Å². The second-order valence-corrected chi connectivity index (χ2v) is 5.85. The van der Waals surface area contributed by atoms with Gasteiger partial charge in [-0.05, 0) is 24.5 Å². The number of benzene rings is 1. The minimum Gasteiger partial charge on any atom is -0.496 e. The van der Waals surface area contributed by atoms with Gasteiger partial charge < -0.3 is 15.8 Å². The Morgan fingerprint density at radius 3 is 2.68 bits per heavy atom. The molecule has 4 nitrogen and oxygen atoms in total. The van der Waals surface area contributed by atoms with E-state index in [0.717, 1.165) is 5.75 Å². The third kappa shape index (κ3) is 5.66. The van der Waals surface area contributed by atoms with E-state index in [1.54, 1.807) is 7.11 Å². The maximum absolute atomic E-state index is 6.01. The highest BCUT2D eigenvalue weighted by Gasteiger charge is 2.14. The van der Waals surface area contributed by atoms with Gasteiger partial charge in [0, 0.05) is 18.5 Å². The number of para-hydroxylation sites is 1. The Hall–Kier alpha value is -0.980. The number of nitrogens with two attached hydrogens (primary N) is 1. The van der Waals surface area contributed by atoms with E-state index in [4.69, 9.17) is 10.5 Å². The number of methoxy groups -OCH3 is 1. The van der Waals surface area contributed by atoms with Crippen molar-refractivity contribution >= 4 is 29.9 Å². The molecule has 2 rings (SSSR count). The zero-order valence-electron chi connectivity index (χ0n) is 13.5. The van der Waals surface area contributed by atoms with Crippen LogP contribution in [0.25, 0.3) is 0 Å². The molecule has 0 spiro atoms. The van der Waals surface area contributed by atoms with Gasteiger partial charge in [0.1, 0.15) is 5.75 Å². The van der Waals surface area contributed by atoms with Crippen LogP contribution in [0.1, 0.15) is 50.5 Å². The lowest BCUT2D eigenvalue weighted by Crippen LogP contribution is -2.41. The average molecular weight is 417 g/mol. The molecule has 0 saturated heterocycles. The zero-order valence-corrected chi connectivity index (χ0v) is 15.9. The summed E-state index contributed by atoms with van der Waals surface area (Å²) in [6.07, 6.45) is 6.35. The van der Waals surface area contributed by atoms with Crippen LogP contribution in [0.15, 0.2) is 29.3 Å². The van der Waals surface area contributed by atoms with Gasteiger partial charge in [0.05, 0.1) is 7.11 Å². The number of hydrogen-bond donors (Lipinski definition) is 2. The van der Waals surface area contributed by atoms with E-state index >= 15 is 0 Å². The summed E-state index contributed by atoms with van der Waals surface area (Å²) in [4.78, 5) is 4.50. The molecular weight excluding hydrogens is 389 g/mol. The fourth-order valence-electron chi connectivity index (χ4n) is 2.91. The lowest BCUT2D eigenvalue weighted by atomic mass is 9.96. The molecule has 0 radical (unpaired) electrons. The van der Waals surface area contributed by atoms with Gasteiger partial charge in [-0.3, -0.25) is 4.99 Å². The van der Waals surface area contributed by atoms with Crippen molar-refractivity contribution in [3.05, 3.63) is 29.8 Å². The van der Waals surface area contributed by atoms with Crippen LogP contribution in [0.5, 0.6) is 5.75 Å². The van der Waals surface area contributed by atoms with E-state index in [1.807, 2.05) is 18.2 Å². The van der Waals surface area contributed by atoms with Gasteiger partial charge in [0.15, 0.2) is 5.96 Å². The Labute approximate surface area is 150 Å². The average Bonchev–Trinajstić information content (AvgIpc) is 2.53. The molecule has 124 valence electrons. The van der Waals surface area contributed by atoms with E-state index in [-0.39, 0.29) is 29.9 Å². The van der Waals surface area contributed by atoms with Gasteiger partial charge in [-0.25, -0.2) is 0 Å². The standard InChI is InChI=1S/C17H27N3O.HI/c1-13(15-10-6-7-11-16(15)21-2)12-19-17(18)20-14-8-4-3-5-9-14;/h6-7,10-11,13-14H,3-5,8-9,12H2,1-2H3,(H3,18,19,20);1H. The Balaban J connectivity index is 0.00000242. The Bertz CT molecular complexity index is 473. The zero-order chi connectivity index (χ0) is 15.1. The van der Waals surface area contributed by atoms with Crippen molar-refractivity contribution in [1.29, 1.82) is 0 Å². The quantitative estimate of drug-likeness (QED) is 0.437. The van der Waals surface area contributed by atoms with Gasteiger partial charge in [0.25, 0.3) is 0 Å². The molecule has 1 aliphatic rings. The number of rotatable bonds is 5. The van der Waals surface area contributed by atoms with Crippen molar-refractivity contribution in [3.63, 3.8) is 0 Å². The summed E-state index contributed by atoms with van der Waals surface area (Å²) in [6, 6.07) is 8.59. The molecule has 5 heteroatoms. The van der Waals surface area contributed by atoms with Gasteiger partial charge in [-0.1, -0.05) is 44.4 Å². The van der Waals surface area contributed by atoms with Crippen LogP contribution >= 0.6 is 24.0 Å². The van der Waals surface area contributed by atoms with Crippen molar-refractivity contribution in [3.8, 4) is 5.75 Å². The topological polar surface area (TPSA) is 59.6 Å². The first-order valence-corrected chi connectivity index (χ1v) is 7.90. The molecule has 1 saturated carbocycles. The lowest BCUT2D eigenvalue weighted by Gasteiger charge is -2.23. The van der Waals surface area contributed by atoms with Gasteiger partial charge >= 0.3 is 0 Å². The number of halogens is 1. The number of ether oxygens (including phenoxy) is 1. The summed E-state index contributed by atoms with van der Waals surface area (Å²) in [5, 5.41) is 3.35. The summed E-state index contributed by atoms with van der Waals surface area (Å²) >= 11 is 0. The lowest BCUT2D eigenvalue weighted by molar-refractivity contribution is 0.406. The first-order chi connectivity index (χ1) is 10.2. The smallest absolute Gasteiger partial charge is 0.188 e.